The van der Waals surface area contributed by atoms with E-state index in [2.05, 4.69) is 10.6 Å². The van der Waals surface area contributed by atoms with Gasteiger partial charge in [-0.2, -0.15) is 13.2 Å². The Kier molecular flexibility index (Phi) is 6.32. The molecule has 0 aliphatic carbocycles. The number of hydrogen-bond donors (Lipinski definition) is 2. The van der Waals surface area contributed by atoms with Gasteiger partial charge in [0.1, 0.15) is 0 Å². The van der Waals surface area contributed by atoms with E-state index in [1.807, 2.05) is 0 Å². The van der Waals surface area contributed by atoms with Crippen LogP contribution in [-0.2, 0) is 22.7 Å². The number of benzene rings is 3. The molecule has 11 heteroatoms. The molecule has 0 atom stereocenters. The predicted molar refractivity (Wildman–Crippen MR) is 123 cm³/mol. The standard InChI is InChI=1S/C24H20F5N3O2S/c1-14-6-9-20(23(26)22(14)25)31-17-7-8-19-15(12-30-2)13-32(21(19)11-17)35(33,34)18-5-3-4-16(10-18)24(27,28)29/h3-11,13,30-31H,12H2,1-2H3. The number of nitrogens with zero attached hydrogens (tertiary/aromatic N) is 1. The molecule has 184 valence electrons. The van der Waals surface area contributed by atoms with Crippen molar-refractivity contribution < 1.29 is 30.4 Å². The van der Waals surface area contributed by atoms with Gasteiger partial charge in [0.05, 0.1) is 21.7 Å². The Morgan fingerprint density at radius 1 is 0.971 bits per heavy atom. The van der Waals surface area contributed by atoms with Crippen LogP contribution in [0, 0.1) is 18.6 Å². The van der Waals surface area contributed by atoms with Crippen LogP contribution in [0.4, 0.5) is 33.3 Å². The number of aromatic nitrogens is 1. The third kappa shape index (κ3) is 4.61. The summed E-state index contributed by atoms with van der Waals surface area (Å²) in [5.74, 6) is -2.10. The number of aryl methyl sites for hydroxylation is 1. The zero-order chi connectivity index (χ0) is 25.5. The van der Waals surface area contributed by atoms with Gasteiger partial charge >= 0.3 is 6.18 Å². The zero-order valence-electron chi connectivity index (χ0n) is 18.5. The van der Waals surface area contributed by atoms with Gasteiger partial charge in [-0.05, 0) is 61.5 Å². The van der Waals surface area contributed by atoms with Crippen molar-refractivity contribution in [2.75, 3.05) is 12.4 Å². The number of hydrogen-bond acceptors (Lipinski definition) is 4. The normalized spacial score (nSPS) is 12.3. The van der Waals surface area contributed by atoms with E-state index in [1.165, 1.54) is 31.3 Å². The summed E-state index contributed by atoms with van der Waals surface area (Å²) in [6.07, 6.45) is -3.39. The molecule has 1 aromatic heterocycles. The van der Waals surface area contributed by atoms with Gasteiger partial charge in [0.25, 0.3) is 10.0 Å². The first-order chi connectivity index (χ1) is 16.4. The highest BCUT2D eigenvalue weighted by Crippen LogP contribution is 2.33. The fourth-order valence-electron chi connectivity index (χ4n) is 3.72. The highest BCUT2D eigenvalue weighted by atomic mass is 32.2. The predicted octanol–water partition coefficient (Wildman–Crippen LogP) is 5.95. The van der Waals surface area contributed by atoms with Gasteiger partial charge in [0, 0.05) is 23.8 Å². The van der Waals surface area contributed by atoms with Gasteiger partial charge in [-0.1, -0.05) is 18.2 Å². The van der Waals surface area contributed by atoms with Crippen LogP contribution in [0.25, 0.3) is 10.9 Å². The first-order valence-corrected chi connectivity index (χ1v) is 11.8. The minimum atomic E-state index is -4.72. The third-order valence-electron chi connectivity index (χ3n) is 5.49. The molecule has 3 aromatic carbocycles. The summed E-state index contributed by atoms with van der Waals surface area (Å²) in [4.78, 5) is -0.537. The van der Waals surface area contributed by atoms with Crippen LogP contribution in [0.3, 0.4) is 0 Å². The van der Waals surface area contributed by atoms with Crippen molar-refractivity contribution in [2.24, 2.45) is 0 Å². The van der Waals surface area contributed by atoms with E-state index < -0.39 is 38.3 Å². The number of rotatable bonds is 6. The summed E-state index contributed by atoms with van der Waals surface area (Å²) in [5.41, 5.74) is -0.121. The molecule has 0 fully saturated rings. The highest BCUT2D eigenvalue weighted by Gasteiger charge is 2.32. The van der Waals surface area contributed by atoms with E-state index in [-0.39, 0.29) is 29.0 Å². The fraction of sp³-hybridized carbons (Fsp3) is 0.167. The summed E-state index contributed by atoms with van der Waals surface area (Å²) >= 11 is 0. The average molecular weight is 510 g/mol. The molecule has 0 aliphatic heterocycles. The van der Waals surface area contributed by atoms with Crippen LogP contribution in [0.2, 0.25) is 0 Å². The third-order valence-corrected chi connectivity index (χ3v) is 7.16. The molecule has 2 N–H and O–H groups in total. The molecule has 5 nitrogen and oxygen atoms in total. The topological polar surface area (TPSA) is 63.1 Å². The Hall–Kier alpha value is -3.44. The maximum Gasteiger partial charge on any atom is 0.416 e. The molecule has 0 radical (unpaired) electrons. The Balaban J connectivity index is 1.86. The molecule has 0 amide bonds. The second-order valence-corrected chi connectivity index (χ2v) is 9.74. The first-order valence-electron chi connectivity index (χ1n) is 10.4. The lowest BCUT2D eigenvalue weighted by Gasteiger charge is -2.12. The fourth-order valence-corrected chi connectivity index (χ4v) is 5.15. The summed E-state index contributed by atoms with van der Waals surface area (Å²) in [7, 11) is -2.77. The van der Waals surface area contributed by atoms with Crippen molar-refractivity contribution in [3.8, 4) is 0 Å². The molecule has 0 spiro atoms. The van der Waals surface area contributed by atoms with E-state index >= 15 is 0 Å². The summed E-state index contributed by atoms with van der Waals surface area (Å²) in [6, 6.07) is 10.8. The number of fused-ring (bicyclic) bond motifs is 1. The Morgan fingerprint density at radius 3 is 2.40 bits per heavy atom. The lowest BCUT2D eigenvalue weighted by molar-refractivity contribution is -0.137. The second kappa shape index (κ2) is 8.97. The van der Waals surface area contributed by atoms with Crippen LogP contribution < -0.4 is 10.6 Å². The lowest BCUT2D eigenvalue weighted by atomic mass is 10.1. The van der Waals surface area contributed by atoms with Crippen LogP contribution in [-0.4, -0.2) is 19.4 Å². The van der Waals surface area contributed by atoms with Gasteiger partial charge < -0.3 is 10.6 Å². The highest BCUT2D eigenvalue weighted by molar-refractivity contribution is 7.90. The molecule has 0 bridgehead atoms. The van der Waals surface area contributed by atoms with Crippen LogP contribution in [0.15, 0.2) is 65.7 Å². The zero-order valence-corrected chi connectivity index (χ0v) is 19.4. The van der Waals surface area contributed by atoms with Crippen molar-refractivity contribution in [1.29, 1.82) is 0 Å². The van der Waals surface area contributed by atoms with Crippen LogP contribution >= 0.6 is 0 Å². The largest absolute Gasteiger partial charge is 0.416 e. The maximum atomic E-state index is 14.4. The Labute approximate surface area is 198 Å². The summed E-state index contributed by atoms with van der Waals surface area (Å²) in [5, 5.41) is 6.18. The van der Waals surface area contributed by atoms with Crippen molar-refractivity contribution in [1.82, 2.24) is 9.29 Å². The number of nitrogens with one attached hydrogen (secondary N) is 2. The average Bonchev–Trinajstić information content (AvgIpc) is 3.18. The molecule has 0 aliphatic rings. The molecule has 0 saturated carbocycles. The molecule has 4 aromatic rings. The second-order valence-electron chi connectivity index (χ2n) is 7.93. The molecule has 1 heterocycles. The number of alkyl halides is 3. The van der Waals surface area contributed by atoms with E-state index in [1.54, 1.807) is 19.2 Å². The minimum absolute atomic E-state index is 0.126. The summed E-state index contributed by atoms with van der Waals surface area (Å²) < 4.78 is 95.6. The maximum absolute atomic E-state index is 14.4. The molecular weight excluding hydrogens is 489 g/mol. The molecule has 4 rings (SSSR count). The van der Waals surface area contributed by atoms with Crippen LogP contribution in [0.1, 0.15) is 16.7 Å². The number of anilines is 2. The Bertz CT molecular complexity index is 1530. The van der Waals surface area contributed by atoms with E-state index in [9.17, 15) is 30.4 Å². The lowest BCUT2D eigenvalue weighted by Crippen LogP contribution is -2.14. The van der Waals surface area contributed by atoms with Crippen molar-refractivity contribution in [2.45, 2.75) is 24.5 Å². The van der Waals surface area contributed by atoms with E-state index in [0.717, 1.165) is 22.2 Å². The van der Waals surface area contributed by atoms with Gasteiger partial charge in [-0.25, -0.2) is 21.2 Å². The first kappa shape index (κ1) is 24.7. The quantitative estimate of drug-likeness (QED) is 0.316. The van der Waals surface area contributed by atoms with Gasteiger partial charge in [0.15, 0.2) is 11.6 Å². The summed E-state index contributed by atoms with van der Waals surface area (Å²) in [6.45, 7) is 1.70. The molecule has 35 heavy (non-hydrogen) atoms. The van der Waals surface area contributed by atoms with Crippen molar-refractivity contribution in [3.63, 3.8) is 0 Å². The molecular formula is C24H20F5N3O2S. The minimum Gasteiger partial charge on any atom is -0.353 e. The van der Waals surface area contributed by atoms with Gasteiger partial charge in [0.2, 0.25) is 0 Å². The van der Waals surface area contributed by atoms with E-state index in [0.29, 0.717) is 17.0 Å². The van der Waals surface area contributed by atoms with Crippen LogP contribution in [0.5, 0.6) is 0 Å². The molecule has 0 saturated heterocycles. The van der Waals surface area contributed by atoms with Gasteiger partial charge in [-0.3, -0.25) is 0 Å². The van der Waals surface area contributed by atoms with E-state index in [4.69, 9.17) is 0 Å². The Morgan fingerprint density at radius 2 is 1.71 bits per heavy atom. The SMILES string of the molecule is CNCc1cn(S(=O)(=O)c2cccc(C(F)(F)F)c2)c2cc(Nc3ccc(C)c(F)c3F)ccc12. The smallest absolute Gasteiger partial charge is 0.353 e. The van der Waals surface area contributed by atoms with Crippen molar-refractivity contribution >= 4 is 32.3 Å². The van der Waals surface area contributed by atoms with Crippen molar-refractivity contribution in [3.05, 3.63) is 89.1 Å². The monoisotopic (exact) mass is 509 g/mol. The van der Waals surface area contributed by atoms with Gasteiger partial charge in [-0.15, -0.1) is 0 Å². The number of halogens is 5. The molecule has 0 unspecified atom stereocenters.